The number of benzene rings is 8. The fraction of sp³-hybridized carbons (Fsp3) is 0.105. The van der Waals surface area contributed by atoms with Crippen LogP contribution in [0.1, 0.15) is 0 Å². The van der Waals surface area contributed by atoms with Crippen molar-refractivity contribution in [3.05, 3.63) is 255 Å². The van der Waals surface area contributed by atoms with E-state index in [1.54, 1.807) is 0 Å². The second-order valence-electron chi connectivity index (χ2n) is 14.5. The Morgan fingerprint density at radius 3 is 0.652 bits per heavy atom. The summed E-state index contributed by atoms with van der Waals surface area (Å²) in [6, 6.07) is 88.4. The van der Waals surface area contributed by atoms with E-state index >= 15 is 0 Å². The molecule has 4 nitrogen and oxygen atoms in total. The number of aliphatic hydroxyl groups excluding tert-OH is 1. The van der Waals surface area contributed by atoms with Crippen LogP contribution in [0.4, 0.5) is 0 Å². The Morgan fingerprint density at radius 2 is 0.515 bits per heavy atom. The van der Waals surface area contributed by atoms with Gasteiger partial charge in [-0.05, 0) is 98.8 Å². The molecule has 0 amide bonds. The molecule has 8 rings (SSSR count). The largest absolute Gasteiger partial charge is 0.481 e. The number of carbonyl (C=O) groups excluding carboxylic acids is 1. The summed E-state index contributed by atoms with van der Waals surface area (Å²) >= 11 is 0. The van der Waals surface area contributed by atoms with Crippen LogP contribution in [-0.4, -0.2) is 49.9 Å². The van der Waals surface area contributed by atoms with E-state index in [0.29, 0.717) is 0 Å². The Labute approximate surface area is 410 Å². The molecule has 8 aromatic carbocycles. The molecule has 0 spiro atoms. The van der Waals surface area contributed by atoms with Crippen LogP contribution in [-0.2, 0) is 33.7 Å². The zero-order valence-corrected chi connectivity index (χ0v) is 42.6. The fourth-order valence-corrected chi connectivity index (χ4v) is 17.8. The summed E-state index contributed by atoms with van der Waals surface area (Å²) in [5, 5.41) is 20.3. The number of aliphatic hydroxyl groups is 1. The predicted octanol–water partition coefficient (Wildman–Crippen LogP) is 10.7. The van der Waals surface area contributed by atoms with Crippen molar-refractivity contribution in [2.24, 2.45) is 0 Å². The Morgan fingerprint density at radius 1 is 0.348 bits per heavy atom. The van der Waals surface area contributed by atoms with Crippen molar-refractivity contribution in [3.63, 3.8) is 0 Å². The summed E-state index contributed by atoms with van der Waals surface area (Å²) < 4.78 is 8.41. The number of methoxy groups -OCH3 is 2. The maximum Gasteiger partial charge on any atom is 0.337 e. The maximum absolute atomic E-state index is 10.2. The summed E-state index contributed by atoms with van der Waals surface area (Å²) in [6.45, 7) is 0. The van der Waals surface area contributed by atoms with Gasteiger partial charge in [0.1, 0.15) is 6.08 Å². The molecule has 0 aliphatic carbocycles. The van der Waals surface area contributed by atoms with Crippen LogP contribution in [0.2, 0.25) is 0 Å². The third kappa shape index (κ3) is 16.7. The topological polar surface area (TPSA) is 55.8 Å². The van der Waals surface area contributed by atoms with Gasteiger partial charge in [-0.25, -0.2) is 4.79 Å². The summed E-state index contributed by atoms with van der Waals surface area (Å²) in [6.07, 6.45) is 5.66. The van der Waals surface area contributed by atoms with Gasteiger partial charge in [0.05, 0.1) is 14.2 Å². The summed E-state index contributed by atoms with van der Waals surface area (Å²) in [7, 11) is 1.06. The van der Waals surface area contributed by atoms with E-state index in [9.17, 15) is 4.79 Å². The molecular formula is C57H56O4P4Ru. The van der Waals surface area contributed by atoms with Gasteiger partial charge in [-0.3, -0.25) is 0 Å². The predicted molar refractivity (Wildman–Crippen MR) is 285 cm³/mol. The van der Waals surface area contributed by atoms with Crippen molar-refractivity contribution in [2.45, 2.75) is 0 Å². The van der Waals surface area contributed by atoms with Crippen molar-refractivity contribution in [2.75, 3.05) is 38.9 Å². The Balaban J connectivity index is 0.000000207. The smallest absolute Gasteiger partial charge is 0.337 e. The molecule has 0 heterocycles. The summed E-state index contributed by atoms with van der Waals surface area (Å²) in [4.78, 5) is 10.2. The monoisotopic (exact) mass is 1030 g/mol. The van der Waals surface area contributed by atoms with Gasteiger partial charge in [0.25, 0.3) is 5.95 Å². The molecular weight excluding hydrogens is 974 g/mol. The minimum absolute atomic E-state index is 0. The SMILES string of the molecule is COC(=O)/C=C(\O)OC.[Ru].c1ccc(P(CCP(c2ccccc2)c2ccccc2)c2ccccc2)cc1.c1ccc(P(CCP(c2ccccc2)c2ccccc2)c2ccccc2)cc1. The molecule has 0 bridgehead atoms. The molecule has 336 valence electrons. The van der Waals surface area contributed by atoms with E-state index in [1.807, 2.05) is 0 Å². The number of carbonyl (C=O) groups is 1. The van der Waals surface area contributed by atoms with Crippen LogP contribution in [0.3, 0.4) is 0 Å². The summed E-state index contributed by atoms with van der Waals surface area (Å²) in [5.41, 5.74) is 0. The fourth-order valence-electron chi connectivity index (χ4n) is 7.11. The Hall–Kier alpha value is -5.09. The van der Waals surface area contributed by atoms with Crippen LogP contribution in [0.5, 0.6) is 0 Å². The third-order valence-corrected chi connectivity index (χ3v) is 21.0. The number of esters is 1. The third-order valence-electron chi connectivity index (χ3n) is 10.3. The van der Waals surface area contributed by atoms with Gasteiger partial charge < -0.3 is 14.6 Å². The first-order valence-electron chi connectivity index (χ1n) is 21.6. The van der Waals surface area contributed by atoms with Gasteiger partial charge in [-0.15, -0.1) is 0 Å². The maximum atomic E-state index is 10.2. The van der Waals surface area contributed by atoms with E-state index in [-0.39, 0.29) is 51.2 Å². The standard InChI is InChI=1S/2C26H24P2.C5H8O4.Ru/c2*1-5-13-23(14-6-1)27(24-15-7-2-8-16-24)21-22-28(25-17-9-3-10-18-25)26-19-11-4-12-20-26;1-8-4(6)3-5(7)9-2;/h2*1-20H,21-22H2;3,6H,1-2H3;/b;;4-3+;. The van der Waals surface area contributed by atoms with Crippen molar-refractivity contribution < 1.29 is 38.9 Å². The van der Waals surface area contributed by atoms with Crippen molar-refractivity contribution in [1.29, 1.82) is 0 Å². The quantitative estimate of drug-likeness (QED) is 0.0345. The Kier molecular flexibility index (Phi) is 23.2. The number of hydrogen-bond acceptors (Lipinski definition) is 4. The van der Waals surface area contributed by atoms with Gasteiger partial charge in [0.15, 0.2) is 0 Å². The molecule has 0 saturated carbocycles. The zero-order chi connectivity index (χ0) is 45.3. The Bertz CT molecular complexity index is 2050. The molecule has 66 heavy (non-hydrogen) atoms. The number of rotatable bonds is 16. The van der Waals surface area contributed by atoms with Crippen LogP contribution in [0, 0.1) is 0 Å². The van der Waals surface area contributed by atoms with Gasteiger partial charge in [0, 0.05) is 19.5 Å². The van der Waals surface area contributed by atoms with Crippen LogP contribution >= 0.6 is 31.7 Å². The van der Waals surface area contributed by atoms with Gasteiger partial charge in [-0.2, -0.15) is 0 Å². The minimum Gasteiger partial charge on any atom is -0.481 e. The van der Waals surface area contributed by atoms with Crippen LogP contribution < -0.4 is 42.4 Å². The normalized spacial score (nSPS) is 10.8. The van der Waals surface area contributed by atoms with E-state index in [4.69, 9.17) is 5.11 Å². The molecule has 0 saturated heterocycles. The molecule has 8 aromatic rings. The average Bonchev–Trinajstić information content (AvgIpc) is 3.39. The molecule has 0 unspecified atom stereocenters. The molecule has 1 N–H and O–H groups in total. The number of ether oxygens (including phenoxy) is 2. The van der Waals surface area contributed by atoms with Gasteiger partial charge in [-0.1, -0.05) is 243 Å². The first-order chi connectivity index (χ1) is 32.0. The van der Waals surface area contributed by atoms with Crippen molar-refractivity contribution in [1.82, 2.24) is 0 Å². The molecule has 0 radical (unpaired) electrons. The first-order valence-corrected chi connectivity index (χ1v) is 27.7. The van der Waals surface area contributed by atoms with Crippen LogP contribution in [0.15, 0.2) is 255 Å². The first kappa shape index (κ1) is 51.9. The van der Waals surface area contributed by atoms with Crippen molar-refractivity contribution in [3.8, 4) is 0 Å². The van der Waals surface area contributed by atoms with E-state index in [0.717, 1.165) is 6.08 Å². The molecule has 0 aliphatic rings. The van der Waals surface area contributed by atoms with Gasteiger partial charge in [0.2, 0.25) is 0 Å². The summed E-state index contributed by atoms with van der Waals surface area (Å²) in [5.74, 6) is -1.10. The minimum atomic E-state index is -0.644. The van der Waals surface area contributed by atoms with Crippen LogP contribution in [0.25, 0.3) is 0 Å². The molecule has 9 heteroatoms. The molecule has 0 aliphatic heterocycles. The van der Waals surface area contributed by atoms with E-state index < -0.39 is 11.9 Å². The number of hydrogen-bond donors (Lipinski definition) is 1. The van der Waals surface area contributed by atoms with E-state index in [1.165, 1.54) is 81.3 Å². The molecule has 0 aromatic heterocycles. The second kappa shape index (κ2) is 29.5. The molecule has 0 fully saturated rings. The second-order valence-corrected chi connectivity index (χ2v) is 23.8. The average molecular weight is 1030 g/mol. The van der Waals surface area contributed by atoms with Gasteiger partial charge >= 0.3 is 5.97 Å². The van der Waals surface area contributed by atoms with E-state index in [2.05, 4.69) is 252 Å². The van der Waals surface area contributed by atoms with Crippen molar-refractivity contribution >= 4 is 80.1 Å². The zero-order valence-electron chi connectivity index (χ0n) is 37.3. The molecule has 0 atom stereocenters.